The van der Waals surface area contributed by atoms with Crippen LogP contribution in [-0.4, -0.2) is 32.2 Å². The fourth-order valence-corrected chi connectivity index (χ4v) is 5.71. The summed E-state index contributed by atoms with van der Waals surface area (Å²) in [4.78, 5) is 21.4. The van der Waals surface area contributed by atoms with Crippen molar-refractivity contribution in [2.75, 3.05) is 12.4 Å². The van der Waals surface area contributed by atoms with Crippen LogP contribution in [0.1, 0.15) is 56.2 Å². The zero-order chi connectivity index (χ0) is 27.7. The number of nitrogens with zero attached hydrogens (tertiary/aromatic N) is 2. The molecule has 2 aromatic heterocycles. The van der Waals surface area contributed by atoms with E-state index in [1.807, 2.05) is 19.9 Å². The number of hydrogen-bond acceptors (Lipinski definition) is 8. The van der Waals surface area contributed by atoms with Gasteiger partial charge in [-0.15, -0.1) is 0 Å². The Morgan fingerprint density at radius 2 is 1.92 bits per heavy atom. The van der Waals surface area contributed by atoms with Crippen LogP contribution in [0.25, 0.3) is 16.5 Å². The number of allylic oxidation sites excluding steroid dienone is 1. The minimum atomic E-state index is -4.01. The Labute approximate surface area is 221 Å². The molecule has 0 bridgehead atoms. The third kappa shape index (κ3) is 6.20. The largest absolute Gasteiger partial charge is 0.455 e. The third-order valence-electron chi connectivity index (χ3n) is 5.46. The Morgan fingerprint density at radius 3 is 2.51 bits per heavy atom. The van der Waals surface area contributed by atoms with Crippen molar-refractivity contribution in [2.24, 2.45) is 10.7 Å². The summed E-state index contributed by atoms with van der Waals surface area (Å²) in [6, 6.07) is 6.22. The normalized spacial score (nSPS) is 13.9. The van der Waals surface area contributed by atoms with Crippen molar-refractivity contribution in [3.63, 3.8) is 0 Å². The molecule has 4 N–H and O–H groups in total. The summed E-state index contributed by atoms with van der Waals surface area (Å²) in [6.45, 7) is 10.6. The van der Waals surface area contributed by atoms with Gasteiger partial charge >= 0.3 is 0 Å². The summed E-state index contributed by atoms with van der Waals surface area (Å²) < 4.78 is 35.1. The van der Waals surface area contributed by atoms with Crippen molar-refractivity contribution >= 4 is 50.1 Å². The molecule has 0 saturated heterocycles. The van der Waals surface area contributed by atoms with E-state index in [9.17, 15) is 13.2 Å². The maximum absolute atomic E-state index is 13.3. The van der Waals surface area contributed by atoms with Gasteiger partial charge in [0.05, 0.1) is 22.7 Å². The van der Waals surface area contributed by atoms with Crippen molar-refractivity contribution in [3.05, 3.63) is 68.3 Å². The Morgan fingerprint density at radius 1 is 1.24 bits per heavy atom. The highest BCUT2D eigenvalue weighted by Gasteiger charge is 2.28. The summed E-state index contributed by atoms with van der Waals surface area (Å²) in [5.74, 6) is 0.314. The minimum absolute atomic E-state index is 0.0401. The molecule has 0 saturated carbocycles. The van der Waals surface area contributed by atoms with Gasteiger partial charge in [0.2, 0.25) is 0 Å². The summed E-state index contributed by atoms with van der Waals surface area (Å²) in [5.41, 5.74) is 7.84. The number of rotatable bonds is 7. The third-order valence-corrected chi connectivity index (χ3v) is 7.37. The van der Waals surface area contributed by atoms with Crippen LogP contribution in [0.5, 0.6) is 0 Å². The lowest BCUT2D eigenvalue weighted by atomic mass is 9.99. The molecule has 0 amide bonds. The minimum Gasteiger partial charge on any atom is -0.455 e. The number of sulfonamides is 1. The molecule has 0 aliphatic heterocycles. The molecular weight excluding hydrogens is 514 g/mol. The first-order chi connectivity index (χ1) is 17.2. The van der Waals surface area contributed by atoms with E-state index in [-0.39, 0.29) is 21.3 Å². The zero-order valence-corrected chi connectivity index (χ0v) is 23.5. The van der Waals surface area contributed by atoms with E-state index < -0.39 is 21.6 Å². The molecular formula is C26H32ClN5O4S. The van der Waals surface area contributed by atoms with Crippen LogP contribution in [-0.2, 0) is 10.0 Å². The number of aromatic nitrogens is 1. The topological polar surface area (TPSA) is 140 Å². The first-order valence-corrected chi connectivity index (χ1v) is 13.4. The maximum Gasteiger partial charge on any atom is 0.260 e. The lowest BCUT2D eigenvalue weighted by Crippen LogP contribution is -2.41. The highest BCUT2D eigenvalue weighted by molar-refractivity contribution is 7.89. The molecule has 37 heavy (non-hydrogen) atoms. The molecule has 1 atom stereocenters. The standard InChI is InChI=1S/C26H32ClN5O4S/c1-14-10-18(24-19(11-14)22(33)15(2)23(36-24)17(12-28)13-29-7)16(3)30-20-8-9-21(27)31-25(20)37(34,35)32-26(4,5)6/h8-13,16,30,32H,28H2,1-7H3/t16-/m1/s1. The Kier molecular flexibility index (Phi) is 8.16. The number of hydrogen-bond donors (Lipinski definition) is 3. The molecule has 0 spiro atoms. The Bertz CT molecular complexity index is 1570. The summed E-state index contributed by atoms with van der Waals surface area (Å²) in [7, 11) is -2.41. The fraction of sp³-hybridized carbons (Fsp3) is 0.346. The van der Waals surface area contributed by atoms with Crippen LogP contribution in [0, 0.1) is 13.8 Å². The van der Waals surface area contributed by atoms with Crippen LogP contribution < -0.4 is 21.2 Å². The number of halogens is 1. The molecule has 3 aromatic rings. The lowest BCUT2D eigenvalue weighted by molar-refractivity contribution is 0.490. The van der Waals surface area contributed by atoms with Crippen molar-refractivity contribution in [1.82, 2.24) is 9.71 Å². The SMILES string of the molecule is CN=CC(=CN)c1oc2c([C@@H](C)Nc3ccc(Cl)nc3S(=O)(=O)NC(C)(C)C)cc(C)cc2c(=O)c1C. The summed E-state index contributed by atoms with van der Waals surface area (Å²) in [5, 5.41) is 3.44. The van der Waals surface area contributed by atoms with E-state index in [1.54, 1.807) is 46.9 Å². The van der Waals surface area contributed by atoms with Crippen LogP contribution in [0.3, 0.4) is 0 Å². The van der Waals surface area contributed by atoms with Gasteiger partial charge in [-0.05, 0) is 65.3 Å². The fourth-order valence-electron chi connectivity index (χ4n) is 3.98. The second-order valence-corrected chi connectivity index (χ2v) is 11.8. The molecule has 0 unspecified atom stereocenters. The predicted octanol–water partition coefficient (Wildman–Crippen LogP) is 4.71. The van der Waals surface area contributed by atoms with Gasteiger partial charge in [-0.1, -0.05) is 17.7 Å². The molecule has 9 nitrogen and oxygen atoms in total. The van der Waals surface area contributed by atoms with Gasteiger partial charge in [0.1, 0.15) is 16.5 Å². The molecule has 0 fully saturated rings. The van der Waals surface area contributed by atoms with Gasteiger partial charge in [-0.2, -0.15) is 0 Å². The molecule has 11 heteroatoms. The van der Waals surface area contributed by atoms with E-state index >= 15 is 0 Å². The number of anilines is 1. The number of fused-ring (bicyclic) bond motifs is 1. The van der Waals surface area contributed by atoms with Gasteiger partial charge in [0.15, 0.2) is 10.5 Å². The molecule has 3 rings (SSSR count). The zero-order valence-electron chi connectivity index (χ0n) is 21.9. The van der Waals surface area contributed by atoms with Crippen LogP contribution in [0.15, 0.2) is 49.7 Å². The van der Waals surface area contributed by atoms with Gasteiger partial charge < -0.3 is 15.5 Å². The Hall–Kier alpha value is -3.21. The van der Waals surface area contributed by atoms with E-state index in [2.05, 4.69) is 20.0 Å². The van der Waals surface area contributed by atoms with Gasteiger partial charge in [-0.25, -0.2) is 18.1 Å². The predicted molar refractivity (Wildman–Crippen MR) is 150 cm³/mol. The highest BCUT2D eigenvalue weighted by Crippen LogP contribution is 2.32. The molecule has 0 aliphatic carbocycles. The monoisotopic (exact) mass is 545 g/mol. The summed E-state index contributed by atoms with van der Waals surface area (Å²) >= 11 is 6.06. The maximum atomic E-state index is 13.3. The molecule has 198 valence electrons. The van der Waals surface area contributed by atoms with Crippen LogP contribution >= 0.6 is 11.6 Å². The highest BCUT2D eigenvalue weighted by atomic mass is 35.5. The number of pyridine rings is 1. The number of aliphatic imine (C=N–C) groups is 1. The van der Waals surface area contributed by atoms with E-state index in [4.69, 9.17) is 21.8 Å². The second-order valence-electron chi connectivity index (χ2n) is 9.83. The quantitative estimate of drug-likeness (QED) is 0.288. The first kappa shape index (κ1) is 28.4. The Balaban J connectivity index is 2.20. The number of nitrogens with one attached hydrogen (secondary N) is 2. The molecule has 0 radical (unpaired) electrons. The van der Waals surface area contributed by atoms with Crippen LogP contribution in [0.2, 0.25) is 5.15 Å². The number of nitrogens with two attached hydrogens (primary N) is 1. The molecule has 1 aromatic carbocycles. The molecule has 0 aliphatic rings. The average Bonchev–Trinajstić information content (AvgIpc) is 2.79. The van der Waals surface area contributed by atoms with E-state index in [0.29, 0.717) is 33.4 Å². The lowest BCUT2D eigenvalue weighted by Gasteiger charge is -2.23. The smallest absolute Gasteiger partial charge is 0.260 e. The van der Waals surface area contributed by atoms with Crippen molar-refractivity contribution in [2.45, 2.75) is 58.1 Å². The van der Waals surface area contributed by atoms with Gasteiger partial charge in [0, 0.05) is 36.1 Å². The van der Waals surface area contributed by atoms with Crippen molar-refractivity contribution < 1.29 is 12.8 Å². The van der Waals surface area contributed by atoms with Crippen LogP contribution in [0.4, 0.5) is 5.69 Å². The molecule has 2 heterocycles. The van der Waals surface area contributed by atoms with E-state index in [0.717, 1.165) is 5.56 Å². The number of aryl methyl sites for hydroxylation is 1. The number of benzene rings is 1. The van der Waals surface area contributed by atoms with Crippen molar-refractivity contribution in [1.29, 1.82) is 0 Å². The average molecular weight is 546 g/mol. The van der Waals surface area contributed by atoms with Crippen molar-refractivity contribution in [3.8, 4) is 0 Å². The van der Waals surface area contributed by atoms with Gasteiger partial charge in [-0.3, -0.25) is 9.79 Å². The second kappa shape index (κ2) is 10.6. The van der Waals surface area contributed by atoms with E-state index in [1.165, 1.54) is 18.5 Å². The summed E-state index contributed by atoms with van der Waals surface area (Å²) in [6.07, 6.45) is 2.85. The first-order valence-electron chi connectivity index (χ1n) is 11.6. The van der Waals surface area contributed by atoms with Gasteiger partial charge in [0.25, 0.3) is 10.0 Å².